The summed E-state index contributed by atoms with van der Waals surface area (Å²) in [5.41, 5.74) is 0. The fourth-order valence-electron chi connectivity index (χ4n) is 1.59. The predicted molar refractivity (Wildman–Crippen MR) is 51.2 cm³/mol. The van der Waals surface area contributed by atoms with E-state index in [2.05, 4.69) is 25.7 Å². The summed E-state index contributed by atoms with van der Waals surface area (Å²) in [5, 5.41) is 3.43. The Bertz CT molecular complexity index is 141. The van der Waals surface area contributed by atoms with E-state index in [0.717, 1.165) is 6.61 Å². The van der Waals surface area contributed by atoms with Crippen molar-refractivity contribution < 1.29 is 4.74 Å². The van der Waals surface area contributed by atoms with Gasteiger partial charge >= 0.3 is 0 Å². The number of rotatable bonds is 4. The maximum atomic E-state index is 5.56. The van der Waals surface area contributed by atoms with Gasteiger partial charge in [0.1, 0.15) is 0 Å². The van der Waals surface area contributed by atoms with Gasteiger partial charge in [-0.25, -0.2) is 0 Å². The van der Waals surface area contributed by atoms with E-state index in [1.807, 2.05) is 6.08 Å². The van der Waals surface area contributed by atoms with Gasteiger partial charge in [0.2, 0.25) is 0 Å². The molecule has 0 bridgehead atoms. The molecule has 0 aliphatic carbocycles. The van der Waals surface area contributed by atoms with Crippen LogP contribution in [0.15, 0.2) is 12.7 Å². The zero-order valence-corrected chi connectivity index (χ0v) is 8.05. The van der Waals surface area contributed by atoms with Crippen molar-refractivity contribution in [2.45, 2.75) is 44.9 Å². The first kappa shape index (κ1) is 9.75. The largest absolute Gasteiger partial charge is 0.377 e. The Hall–Kier alpha value is -0.340. The molecule has 3 atom stereocenters. The molecule has 1 N–H and O–H groups in total. The first-order valence-electron chi connectivity index (χ1n) is 4.74. The van der Waals surface area contributed by atoms with Crippen LogP contribution in [0.25, 0.3) is 0 Å². The lowest BCUT2D eigenvalue weighted by Gasteiger charge is -2.22. The van der Waals surface area contributed by atoms with Crippen molar-refractivity contribution in [1.29, 1.82) is 0 Å². The van der Waals surface area contributed by atoms with Crippen LogP contribution in [0, 0.1) is 0 Å². The average Bonchev–Trinajstić information content (AvgIpc) is 2.56. The van der Waals surface area contributed by atoms with Crippen molar-refractivity contribution in [2.75, 3.05) is 6.61 Å². The van der Waals surface area contributed by atoms with Gasteiger partial charge in [0.25, 0.3) is 0 Å². The van der Waals surface area contributed by atoms with Crippen molar-refractivity contribution in [2.24, 2.45) is 0 Å². The second-order valence-electron chi connectivity index (χ2n) is 3.53. The highest BCUT2D eigenvalue weighted by atomic mass is 16.5. The van der Waals surface area contributed by atoms with E-state index in [-0.39, 0.29) is 0 Å². The molecule has 1 heterocycles. The maximum Gasteiger partial charge on any atom is 0.0726 e. The summed E-state index contributed by atoms with van der Waals surface area (Å²) < 4.78 is 5.56. The highest BCUT2D eigenvalue weighted by Crippen LogP contribution is 2.15. The van der Waals surface area contributed by atoms with Crippen LogP contribution in [0.1, 0.15) is 26.7 Å². The molecule has 1 rings (SSSR count). The highest BCUT2D eigenvalue weighted by Gasteiger charge is 2.22. The zero-order chi connectivity index (χ0) is 8.97. The van der Waals surface area contributed by atoms with Crippen LogP contribution in [0.4, 0.5) is 0 Å². The summed E-state index contributed by atoms with van der Waals surface area (Å²) in [4.78, 5) is 0. The Morgan fingerprint density at radius 1 is 1.58 bits per heavy atom. The Morgan fingerprint density at radius 2 is 2.33 bits per heavy atom. The van der Waals surface area contributed by atoms with Gasteiger partial charge in [-0.05, 0) is 26.7 Å². The van der Waals surface area contributed by atoms with Crippen molar-refractivity contribution in [3.63, 3.8) is 0 Å². The molecule has 1 aliphatic heterocycles. The van der Waals surface area contributed by atoms with E-state index in [1.54, 1.807) is 0 Å². The molecule has 0 spiro atoms. The van der Waals surface area contributed by atoms with Crippen LogP contribution >= 0.6 is 0 Å². The first-order chi connectivity index (χ1) is 5.74. The van der Waals surface area contributed by atoms with Gasteiger partial charge in [0.15, 0.2) is 0 Å². The number of hydrogen-bond acceptors (Lipinski definition) is 2. The molecule has 0 saturated carbocycles. The van der Waals surface area contributed by atoms with Crippen molar-refractivity contribution >= 4 is 0 Å². The molecule has 0 aromatic carbocycles. The van der Waals surface area contributed by atoms with E-state index in [1.165, 1.54) is 12.8 Å². The van der Waals surface area contributed by atoms with Gasteiger partial charge < -0.3 is 10.1 Å². The van der Waals surface area contributed by atoms with E-state index in [0.29, 0.717) is 18.2 Å². The Morgan fingerprint density at radius 3 is 2.83 bits per heavy atom. The molecular formula is C10H19NO. The van der Waals surface area contributed by atoms with Crippen LogP contribution in [0.2, 0.25) is 0 Å². The van der Waals surface area contributed by atoms with Crippen LogP contribution in [-0.2, 0) is 4.74 Å². The molecule has 0 radical (unpaired) electrons. The molecule has 1 fully saturated rings. The SMILES string of the molecule is C=CC(C)NC(C)C1CCCO1. The standard InChI is InChI=1S/C10H19NO/c1-4-8(2)11-9(3)10-6-5-7-12-10/h4,8-11H,1,5-7H2,2-3H3. The molecule has 1 saturated heterocycles. The Kier molecular flexibility index (Phi) is 3.76. The second kappa shape index (κ2) is 4.63. The average molecular weight is 169 g/mol. The Labute approximate surface area is 75.0 Å². The Balaban J connectivity index is 2.26. The minimum absolute atomic E-state index is 0.379. The fourth-order valence-corrected chi connectivity index (χ4v) is 1.59. The second-order valence-corrected chi connectivity index (χ2v) is 3.53. The van der Waals surface area contributed by atoms with Crippen molar-refractivity contribution in [1.82, 2.24) is 5.32 Å². The third kappa shape index (κ3) is 2.61. The molecule has 0 aromatic heterocycles. The third-order valence-corrected chi connectivity index (χ3v) is 2.40. The predicted octanol–water partition coefficient (Wildman–Crippen LogP) is 1.72. The highest BCUT2D eigenvalue weighted by molar-refractivity contribution is 4.86. The molecular weight excluding hydrogens is 150 g/mol. The molecule has 70 valence electrons. The number of hydrogen-bond donors (Lipinski definition) is 1. The molecule has 1 aliphatic rings. The lowest BCUT2D eigenvalue weighted by atomic mass is 10.1. The van der Waals surface area contributed by atoms with Crippen LogP contribution in [-0.4, -0.2) is 24.8 Å². The minimum Gasteiger partial charge on any atom is -0.377 e. The topological polar surface area (TPSA) is 21.3 Å². The lowest BCUT2D eigenvalue weighted by Crippen LogP contribution is -2.41. The quantitative estimate of drug-likeness (QED) is 0.647. The number of nitrogens with one attached hydrogen (secondary N) is 1. The maximum absolute atomic E-state index is 5.56. The summed E-state index contributed by atoms with van der Waals surface area (Å²) in [6, 6.07) is 0.824. The summed E-state index contributed by atoms with van der Waals surface area (Å²) in [7, 11) is 0. The molecule has 0 amide bonds. The van der Waals surface area contributed by atoms with E-state index in [9.17, 15) is 0 Å². The summed E-state index contributed by atoms with van der Waals surface area (Å²) >= 11 is 0. The van der Waals surface area contributed by atoms with Crippen molar-refractivity contribution in [3.05, 3.63) is 12.7 Å². The summed E-state index contributed by atoms with van der Waals surface area (Å²) in [6.07, 6.45) is 4.73. The summed E-state index contributed by atoms with van der Waals surface area (Å²) in [6.45, 7) is 8.95. The molecule has 0 aromatic rings. The summed E-state index contributed by atoms with van der Waals surface area (Å²) in [5.74, 6) is 0. The monoisotopic (exact) mass is 169 g/mol. The smallest absolute Gasteiger partial charge is 0.0726 e. The van der Waals surface area contributed by atoms with Gasteiger partial charge in [-0.3, -0.25) is 0 Å². The van der Waals surface area contributed by atoms with E-state index >= 15 is 0 Å². The normalized spacial score (nSPS) is 28.3. The molecule has 2 heteroatoms. The van der Waals surface area contributed by atoms with E-state index in [4.69, 9.17) is 4.74 Å². The van der Waals surface area contributed by atoms with Crippen molar-refractivity contribution in [3.8, 4) is 0 Å². The minimum atomic E-state index is 0.379. The molecule has 12 heavy (non-hydrogen) atoms. The van der Waals surface area contributed by atoms with Gasteiger partial charge in [-0.2, -0.15) is 0 Å². The van der Waals surface area contributed by atoms with E-state index < -0.39 is 0 Å². The van der Waals surface area contributed by atoms with Gasteiger partial charge in [0.05, 0.1) is 6.10 Å². The third-order valence-electron chi connectivity index (χ3n) is 2.40. The van der Waals surface area contributed by atoms with Gasteiger partial charge in [-0.1, -0.05) is 6.08 Å². The first-order valence-corrected chi connectivity index (χ1v) is 4.74. The molecule has 2 nitrogen and oxygen atoms in total. The number of ether oxygens (including phenoxy) is 1. The van der Waals surface area contributed by atoms with Gasteiger partial charge in [0, 0.05) is 18.7 Å². The van der Waals surface area contributed by atoms with Crippen LogP contribution in [0.3, 0.4) is 0 Å². The van der Waals surface area contributed by atoms with Gasteiger partial charge in [-0.15, -0.1) is 6.58 Å². The van der Waals surface area contributed by atoms with Crippen LogP contribution < -0.4 is 5.32 Å². The lowest BCUT2D eigenvalue weighted by molar-refractivity contribution is 0.0821. The fraction of sp³-hybridized carbons (Fsp3) is 0.800. The van der Waals surface area contributed by atoms with Crippen LogP contribution in [0.5, 0.6) is 0 Å². The molecule has 3 unspecified atom stereocenters. The zero-order valence-electron chi connectivity index (χ0n) is 8.05.